The Kier molecular flexibility index (Phi) is 6.07. The minimum Gasteiger partial charge on any atom is -0.458 e. The molecule has 3 aliphatic carbocycles. The summed E-state index contributed by atoms with van der Waals surface area (Å²) in [4.78, 5) is 68.3. The van der Waals surface area contributed by atoms with Crippen molar-refractivity contribution in [2.24, 2.45) is 16.7 Å². The van der Waals surface area contributed by atoms with Crippen molar-refractivity contribution < 1.29 is 38.2 Å². The molecule has 194 valence electrons. The number of cyclic esters (lactones) is 1. The third kappa shape index (κ3) is 3.46. The number of rotatable bonds is 5. The fourth-order valence-electron chi connectivity index (χ4n) is 7.31. The van der Waals surface area contributed by atoms with Crippen molar-refractivity contribution in [3.8, 4) is 0 Å². The molecule has 0 amide bonds. The minimum absolute atomic E-state index is 0.00109. The Morgan fingerprint density at radius 1 is 1.11 bits per heavy atom. The van der Waals surface area contributed by atoms with Gasteiger partial charge < -0.3 is 14.2 Å². The summed E-state index contributed by atoms with van der Waals surface area (Å²) in [6.07, 6.45) is 1.15. The van der Waals surface area contributed by atoms with E-state index in [0.29, 0.717) is 18.4 Å². The zero-order chi connectivity index (χ0) is 26.0. The molecule has 0 N–H and O–H groups in total. The Labute approximate surface area is 210 Å². The first-order valence-corrected chi connectivity index (χ1v) is 12.7. The second kappa shape index (κ2) is 8.73. The van der Waals surface area contributed by atoms with Gasteiger partial charge in [-0.05, 0) is 44.8 Å². The van der Waals surface area contributed by atoms with Crippen LogP contribution < -0.4 is 0 Å². The molecular weight excluding hydrogens is 466 g/mol. The van der Waals surface area contributed by atoms with Crippen molar-refractivity contribution in [2.45, 2.75) is 65.1 Å². The Hall–Kier alpha value is -2.65. The fourth-order valence-corrected chi connectivity index (χ4v) is 7.31. The highest BCUT2D eigenvalue weighted by atomic mass is 16.6. The van der Waals surface area contributed by atoms with Crippen molar-refractivity contribution in [3.05, 3.63) is 22.3 Å². The summed E-state index contributed by atoms with van der Waals surface area (Å²) in [6, 6.07) is 0. The molecule has 5 atom stereocenters. The van der Waals surface area contributed by atoms with E-state index in [2.05, 4.69) is 4.90 Å². The van der Waals surface area contributed by atoms with Gasteiger partial charge in [0, 0.05) is 55.9 Å². The number of nitrogens with zero attached hydrogens (tertiary/aromatic N) is 1. The molecule has 9 nitrogen and oxygen atoms in total. The SMILES string of the molecule is COC[C@H]1OC(=O)C(CN2CCCC2)=C2C(=O)C(=O)C3=C([C@H](OC(C)=O)C[C@]4(C)C(=O)CC[C@@H]34)[C@]21C. The standard InChI is InChI=1S/C27H33NO8/c1-14(29)35-17-11-26(2)16(7-8-18(26)30)20-22(17)27(3)19(13-34-4)36-25(33)15(12-28-9-5-6-10-28)21(27)24(32)23(20)31/h16-17,19H,5-13H2,1-4H3/t16-,17+,19+,26-,27-/m0/s1. The molecule has 0 aromatic carbocycles. The first-order valence-electron chi connectivity index (χ1n) is 12.7. The number of ketones is 3. The number of carbonyl (C=O) groups is 5. The first kappa shape index (κ1) is 25.0. The Bertz CT molecular complexity index is 1130. The topological polar surface area (TPSA) is 116 Å². The van der Waals surface area contributed by atoms with Gasteiger partial charge in [-0.2, -0.15) is 0 Å². The predicted molar refractivity (Wildman–Crippen MR) is 126 cm³/mol. The van der Waals surface area contributed by atoms with Gasteiger partial charge in [-0.25, -0.2) is 4.79 Å². The van der Waals surface area contributed by atoms with E-state index in [0.717, 1.165) is 25.9 Å². The Balaban J connectivity index is 1.78. The molecule has 1 saturated heterocycles. The minimum atomic E-state index is -1.23. The van der Waals surface area contributed by atoms with E-state index in [1.54, 1.807) is 13.8 Å². The van der Waals surface area contributed by atoms with Crippen LogP contribution in [0.1, 0.15) is 52.9 Å². The number of carbonyl (C=O) groups excluding carboxylic acids is 5. The number of methoxy groups -OCH3 is 1. The van der Waals surface area contributed by atoms with Crippen molar-refractivity contribution in [3.63, 3.8) is 0 Å². The van der Waals surface area contributed by atoms with Crippen LogP contribution in [0, 0.1) is 16.7 Å². The maximum atomic E-state index is 13.9. The molecule has 0 aromatic rings. The summed E-state index contributed by atoms with van der Waals surface area (Å²) in [5.74, 6) is -3.06. The van der Waals surface area contributed by atoms with E-state index < -0.39 is 52.5 Å². The monoisotopic (exact) mass is 499 g/mol. The highest BCUT2D eigenvalue weighted by molar-refractivity contribution is 6.51. The van der Waals surface area contributed by atoms with Gasteiger partial charge >= 0.3 is 11.9 Å². The van der Waals surface area contributed by atoms with Gasteiger partial charge in [-0.1, -0.05) is 6.92 Å². The molecule has 2 fully saturated rings. The third-order valence-electron chi connectivity index (χ3n) is 9.04. The first-order chi connectivity index (χ1) is 17.0. The van der Waals surface area contributed by atoms with Crippen LogP contribution in [0.15, 0.2) is 22.3 Å². The average molecular weight is 500 g/mol. The van der Waals surface area contributed by atoms with Crippen molar-refractivity contribution in [2.75, 3.05) is 33.4 Å². The molecule has 0 unspecified atom stereocenters. The lowest BCUT2D eigenvalue weighted by Gasteiger charge is -2.53. The molecule has 9 heteroatoms. The number of esters is 2. The van der Waals surface area contributed by atoms with Gasteiger partial charge in [0.2, 0.25) is 11.6 Å². The molecule has 2 aliphatic heterocycles. The molecule has 0 bridgehead atoms. The van der Waals surface area contributed by atoms with Crippen LogP contribution >= 0.6 is 0 Å². The van der Waals surface area contributed by atoms with Crippen molar-refractivity contribution >= 4 is 29.3 Å². The van der Waals surface area contributed by atoms with Gasteiger partial charge in [0.15, 0.2) is 0 Å². The van der Waals surface area contributed by atoms with Gasteiger partial charge in [0.25, 0.3) is 0 Å². The molecule has 0 aromatic heterocycles. The molecule has 0 radical (unpaired) electrons. The normalized spacial score (nSPS) is 36.6. The van der Waals surface area contributed by atoms with Gasteiger partial charge in [0.1, 0.15) is 18.0 Å². The molecule has 2 heterocycles. The molecule has 5 aliphatic rings. The molecule has 1 saturated carbocycles. The average Bonchev–Trinajstić information content (AvgIpc) is 3.42. The summed E-state index contributed by atoms with van der Waals surface area (Å²) in [5, 5.41) is 0. The lowest BCUT2D eigenvalue weighted by atomic mass is 9.52. The van der Waals surface area contributed by atoms with Crippen LogP contribution in [0.3, 0.4) is 0 Å². The van der Waals surface area contributed by atoms with Crippen LogP contribution in [-0.2, 0) is 38.2 Å². The van der Waals surface area contributed by atoms with Crippen molar-refractivity contribution in [1.82, 2.24) is 4.90 Å². The number of likely N-dealkylation sites (tertiary alicyclic amines) is 1. The Morgan fingerprint density at radius 2 is 1.81 bits per heavy atom. The van der Waals surface area contributed by atoms with Gasteiger partial charge in [-0.3, -0.25) is 24.1 Å². The fraction of sp³-hybridized carbons (Fsp3) is 0.667. The number of hydrogen-bond acceptors (Lipinski definition) is 9. The van der Waals surface area contributed by atoms with Crippen molar-refractivity contribution in [1.29, 1.82) is 0 Å². The summed E-state index contributed by atoms with van der Waals surface area (Å²) < 4.78 is 17.1. The van der Waals surface area contributed by atoms with Crippen LogP contribution in [-0.4, -0.2) is 79.7 Å². The third-order valence-corrected chi connectivity index (χ3v) is 9.04. The zero-order valence-corrected chi connectivity index (χ0v) is 21.3. The van der Waals surface area contributed by atoms with Crippen LogP contribution in [0.2, 0.25) is 0 Å². The highest BCUT2D eigenvalue weighted by Gasteiger charge is 2.65. The quantitative estimate of drug-likeness (QED) is 0.412. The molecular formula is C27H33NO8. The summed E-state index contributed by atoms with van der Waals surface area (Å²) >= 11 is 0. The second-order valence-electron chi connectivity index (χ2n) is 11.1. The lowest BCUT2D eigenvalue weighted by Crippen LogP contribution is -2.59. The summed E-state index contributed by atoms with van der Waals surface area (Å²) in [6.45, 7) is 6.65. The van der Waals surface area contributed by atoms with E-state index in [9.17, 15) is 24.0 Å². The second-order valence-corrected chi connectivity index (χ2v) is 11.1. The lowest BCUT2D eigenvalue weighted by molar-refractivity contribution is -0.162. The molecule has 0 spiro atoms. The number of Topliss-reactive ketones (excluding diaryl/α,β-unsaturated/α-hetero) is 3. The maximum Gasteiger partial charge on any atom is 0.336 e. The van der Waals surface area contributed by atoms with Crippen LogP contribution in [0.5, 0.6) is 0 Å². The van der Waals surface area contributed by atoms with E-state index in [4.69, 9.17) is 14.2 Å². The smallest absolute Gasteiger partial charge is 0.336 e. The van der Waals surface area contributed by atoms with Gasteiger partial charge in [-0.15, -0.1) is 0 Å². The van der Waals surface area contributed by atoms with E-state index >= 15 is 0 Å². The predicted octanol–water partition coefficient (Wildman–Crippen LogP) is 1.73. The largest absolute Gasteiger partial charge is 0.458 e. The maximum absolute atomic E-state index is 13.9. The Morgan fingerprint density at radius 3 is 2.44 bits per heavy atom. The molecule has 5 rings (SSSR count). The number of fused-ring (bicyclic) bond motifs is 4. The summed E-state index contributed by atoms with van der Waals surface area (Å²) in [7, 11) is 1.47. The van der Waals surface area contributed by atoms with Crippen LogP contribution in [0.4, 0.5) is 0 Å². The zero-order valence-electron chi connectivity index (χ0n) is 21.3. The number of allylic oxidation sites excluding steroid dienone is 1. The van der Waals surface area contributed by atoms with E-state index in [-0.39, 0.29) is 42.1 Å². The van der Waals surface area contributed by atoms with Crippen LogP contribution in [0.25, 0.3) is 0 Å². The summed E-state index contributed by atoms with van der Waals surface area (Å²) in [5.41, 5.74) is -1.07. The highest BCUT2D eigenvalue weighted by Crippen LogP contribution is 2.61. The number of ether oxygens (including phenoxy) is 3. The van der Waals surface area contributed by atoms with E-state index in [1.165, 1.54) is 14.0 Å². The molecule has 36 heavy (non-hydrogen) atoms. The number of hydrogen-bond donors (Lipinski definition) is 0. The van der Waals surface area contributed by atoms with Gasteiger partial charge in [0.05, 0.1) is 17.6 Å². The van der Waals surface area contributed by atoms with E-state index in [1.807, 2.05) is 0 Å².